The summed E-state index contributed by atoms with van der Waals surface area (Å²) in [5.74, 6) is 1.39. The summed E-state index contributed by atoms with van der Waals surface area (Å²) in [6.45, 7) is 0.453. The van der Waals surface area contributed by atoms with Crippen LogP contribution in [0.25, 0.3) is 10.2 Å². The number of fused-ring (bicyclic) bond motifs is 2. The highest BCUT2D eigenvalue weighted by atomic mass is 32.1. The summed E-state index contributed by atoms with van der Waals surface area (Å²) >= 11 is 1.32. The van der Waals surface area contributed by atoms with Gasteiger partial charge < -0.3 is 28.3 Å². The van der Waals surface area contributed by atoms with Crippen molar-refractivity contribution < 1.29 is 33.3 Å². The predicted molar refractivity (Wildman–Crippen MR) is 112 cm³/mol. The zero-order valence-electron chi connectivity index (χ0n) is 17.2. The van der Waals surface area contributed by atoms with E-state index in [0.717, 1.165) is 10.2 Å². The number of aryl methyl sites for hydroxylation is 1. The normalized spacial score (nSPS) is 12.8. The monoisotopic (exact) mass is 444 g/mol. The Bertz CT molecular complexity index is 1230. The minimum Gasteiger partial charge on any atom is -0.493 e. The molecule has 0 N–H and O–H groups in total. The van der Waals surface area contributed by atoms with Crippen molar-refractivity contribution in [2.45, 2.75) is 13.0 Å². The lowest BCUT2D eigenvalue weighted by molar-refractivity contribution is -0.140. The van der Waals surface area contributed by atoms with Gasteiger partial charge in [-0.1, -0.05) is 11.3 Å². The second-order valence-corrected chi connectivity index (χ2v) is 7.53. The molecule has 0 spiro atoms. The van der Waals surface area contributed by atoms with Gasteiger partial charge in [0.15, 0.2) is 27.8 Å². The van der Waals surface area contributed by atoms with Crippen LogP contribution in [0.4, 0.5) is 0 Å². The fraction of sp³-hybridized carbons (Fsp3) is 0.286. The molecule has 0 unspecified atom stereocenters. The Balaban J connectivity index is 1.79. The Morgan fingerprint density at radius 3 is 2.52 bits per heavy atom. The van der Waals surface area contributed by atoms with Gasteiger partial charge in [-0.05, 0) is 18.2 Å². The molecule has 0 bridgehead atoms. The Morgan fingerprint density at radius 1 is 1.06 bits per heavy atom. The SMILES string of the molecule is COC(=O)CCn1c(=NC(=O)c2ccc(OC)c(OC)c2)sc2cc3c(cc21)OCO3. The van der Waals surface area contributed by atoms with E-state index in [4.69, 9.17) is 23.7 Å². The quantitative estimate of drug-likeness (QED) is 0.539. The first-order chi connectivity index (χ1) is 15.0. The van der Waals surface area contributed by atoms with E-state index < -0.39 is 5.91 Å². The number of ether oxygens (including phenoxy) is 5. The van der Waals surface area contributed by atoms with Crippen LogP contribution in [-0.2, 0) is 16.1 Å². The molecule has 3 aromatic rings. The molecule has 0 radical (unpaired) electrons. The number of nitrogens with zero attached hydrogens (tertiary/aromatic N) is 2. The second-order valence-electron chi connectivity index (χ2n) is 6.52. The van der Waals surface area contributed by atoms with E-state index in [9.17, 15) is 9.59 Å². The molecule has 31 heavy (non-hydrogen) atoms. The second kappa shape index (κ2) is 8.68. The van der Waals surface area contributed by atoms with Crippen LogP contribution in [-0.4, -0.2) is 44.6 Å². The molecule has 1 aliphatic heterocycles. The molecule has 0 atom stereocenters. The van der Waals surface area contributed by atoms with Gasteiger partial charge in [-0.25, -0.2) is 0 Å². The Kier molecular flexibility index (Phi) is 5.81. The summed E-state index contributed by atoms with van der Waals surface area (Å²) in [4.78, 5) is 29.4. The molecule has 0 aliphatic carbocycles. The largest absolute Gasteiger partial charge is 0.493 e. The number of carbonyl (C=O) groups is 2. The van der Waals surface area contributed by atoms with Crippen molar-refractivity contribution in [2.24, 2.45) is 4.99 Å². The predicted octanol–water partition coefficient (Wildman–Crippen LogP) is 2.75. The van der Waals surface area contributed by atoms with Gasteiger partial charge in [0.25, 0.3) is 5.91 Å². The highest BCUT2D eigenvalue weighted by Gasteiger charge is 2.19. The molecule has 0 saturated carbocycles. The van der Waals surface area contributed by atoms with E-state index >= 15 is 0 Å². The van der Waals surface area contributed by atoms with Crippen LogP contribution in [0, 0.1) is 0 Å². The fourth-order valence-corrected chi connectivity index (χ4v) is 4.25. The number of hydrogen-bond acceptors (Lipinski definition) is 8. The molecule has 162 valence electrons. The van der Waals surface area contributed by atoms with Crippen molar-refractivity contribution in [3.05, 3.63) is 40.7 Å². The number of aromatic nitrogens is 1. The summed E-state index contributed by atoms with van der Waals surface area (Å²) < 4.78 is 28.8. The molecule has 0 saturated heterocycles. The van der Waals surface area contributed by atoms with Gasteiger partial charge in [-0.2, -0.15) is 4.99 Å². The van der Waals surface area contributed by atoms with Crippen molar-refractivity contribution >= 4 is 33.4 Å². The minimum absolute atomic E-state index is 0.133. The van der Waals surface area contributed by atoms with Gasteiger partial charge in [0.2, 0.25) is 6.79 Å². The number of amides is 1. The maximum atomic E-state index is 12.9. The Labute approximate surface area is 181 Å². The smallest absolute Gasteiger partial charge is 0.307 e. The molecule has 10 heteroatoms. The minimum atomic E-state index is -0.445. The van der Waals surface area contributed by atoms with Crippen LogP contribution in [0.1, 0.15) is 16.8 Å². The van der Waals surface area contributed by atoms with Gasteiger partial charge >= 0.3 is 5.97 Å². The van der Waals surface area contributed by atoms with Gasteiger partial charge in [0.1, 0.15) is 0 Å². The number of thiazole rings is 1. The van der Waals surface area contributed by atoms with E-state index in [2.05, 4.69) is 4.99 Å². The van der Waals surface area contributed by atoms with Crippen molar-refractivity contribution in [3.63, 3.8) is 0 Å². The van der Waals surface area contributed by atoms with Crippen molar-refractivity contribution in [1.82, 2.24) is 4.57 Å². The highest BCUT2D eigenvalue weighted by molar-refractivity contribution is 7.16. The summed E-state index contributed by atoms with van der Waals surface area (Å²) in [6.07, 6.45) is 0.133. The third kappa shape index (κ3) is 4.06. The van der Waals surface area contributed by atoms with E-state index in [-0.39, 0.29) is 19.2 Å². The van der Waals surface area contributed by atoms with Gasteiger partial charge in [0.05, 0.1) is 38.0 Å². The van der Waals surface area contributed by atoms with E-state index in [1.165, 1.54) is 32.7 Å². The fourth-order valence-electron chi connectivity index (χ4n) is 3.19. The topological polar surface area (TPSA) is 97.6 Å². The first-order valence-electron chi connectivity index (χ1n) is 9.35. The number of rotatable bonds is 6. The lowest BCUT2D eigenvalue weighted by atomic mass is 10.2. The van der Waals surface area contributed by atoms with Crippen molar-refractivity contribution in [3.8, 4) is 23.0 Å². The molecule has 2 heterocycles. The van der Waals surface area contributed by atoms with Crippen molar-refractivity contribution in [1.29, 1.82) is 0 Å². The average Bonchev–Trinajstić information content (AvgIpc) is 3.38. The molecule has 1 aliphatic rings. The standard InChI is InChI=1S/C21H20N2O7S/c1-26-14-5-4-12(8-15(14)27-2)20(25)22-21-23(7-6-19(24)28-3)13-9-16-17(30-11-29-16)10-18(13)31-21/h4-5,8-10H,6-7,11H2,1-3H3. The lowest BCUT2D eigenvalue weighted by Crippen LogP contribution is -2.19. The van der Waals surface area contributed by atoms with Gasteiger partial charge in [-0.15, -0.1) is 0 Å². The zero-order valence-corrected chi connectivity index (χ0v) is 18.0. The summed E-state index contributed by atoms with van der Waals surface area (Å²) in [5, 5.41) is 0. The first kappa shape index (κ1) is 20.7. The Hall–Kier alpha value is -3.53. The first-order valence-corrected chi connectivity index (χ1v) is 10.2. The zero-order chi connectivity index (χ0) is 22.0. The van der Waals surface area contributed by atoms with Crippen LogP contribution < -0.4 is 23.7 Å². The third-order valence-electron chi connectivity index (χ3n) is 4.77. The summed E-state index contributed by atoms with van der Waals surface area (Å²) in [5.41, 5.74) is 1.14. The van der Waals surface area contributed by atoms with E-state index in [0.29, 0.717) is 39.9 Å². The molecular formula is C21H20N2O7S. The van der Waals surface area contributed by atoms with E-state index in [1.807, 2.05) is 12.1 Å². The molecule has 4 rings (SSSR count). The van der Waals surface area contributed by atoms with Gasteiger partial charge in [-0.3, -0.25) is 9.59 Å². The number of hydrogen-bond donors (Lipinski definition) is 0. The molecular weight excluding hydrogens is 424 g/mol. The summed E-state index contributed by atoms with van der Waals surface area (Å²) in [6, 6.07) is 8.52. The van der Waals surface area contributed by atoms with Crippen LogP contribution in [0.5, 0.6) is 23.0 Å². The van der Waals surface area contributed by atoms with Crippen LogP contribution in [0.15, 0.2) is 35.3 Å². The average molecular weight is 444 g/mol. The maximum Gasteiger partial charge on any atom is 0.307 e. The van der Waals surface area contributed by atoms with Crippen LogP contribution >= 0.6 is 11.3 Å². The number of esters is 1. The molecule has 0 fully saturated rings. The molecule has 9 nitrogen and oxygen atoms in total. The molecule has 2 aromatic carbocycles. The Morgan fingerprint density at radius 2 is 1.81 bits per heavy atom. The molecule has 1 amide bonds. The van der Waals surface area contributed by atoms with E-state index in [1.54, 1.807) is 22.8 Å². The van der Waals surface area contributed by atoms with Crippen LogP contribution in [0.2, 0.25) is 0 Å². The number of benzene rings is 2. The highest BCUT2D eigenvalue weighted by Crippen LogP contribution is 2.37. The maximum absolute atomic E-state index is 12.9. The summed E-state index contributed by atoms with van der Waals surface area (Å²) in [7, 11) is 4.36. The molecule has 1 aromatic heterocycles. The number of carbonyl (C=O) groups excluding carboxylic acids is 2. The lowest BCUT2D eigenvalue weighted by Gasteiger charge is -2.08. The van der Waals surface area contributed by atoms with Crippen LogP contribution in [0.3, 0.4) is 0 Å². The number of methoxy groups -OCH3 is 3. The van der Waals surface area contributed by atoms with Crippen molar-refractivity contribution in [2.75, 3.05) is 28.1 Å². The third-order valence-corrected chi connectivity index (χ3v) is 5.81. The van der Waals surface area contributed by atoms with Gasteiger partial charge in [0, 0.05) is 24.2 Å².